The van der Waals surface area contributed by atoms with Gasteiger partial charge in [0.25, 0.3) is 20.0 Å². The first-order chi connectivity index (χ1) is 45.2. The number of ether oxygens (including phenoxy) is 7. The third kappa shape index (κ3) is 19.1. The second-order valence-corrected chi connectivity index (χ2v) is 26.6. The van der Waals surface area contributed by atoms with Crippen LogP contribution in [0.3, 0.4) is 0 Å². The molecule has 4 aliphatic rings. The molecule has 6 aromatic rings. The molecule has 0 amide bonds. The van der Waals surface area contributed by atoms with Gasteiger partial charge in [0, 0.05) is 97.0 Å². The third-order valence-corrected chi connectivity index (χ3v) is 19.2. The molecule has 10 atom stereocenters. The Bertz CT molecular complexity index is 3850. The fraction of sp³-hybridized carbons (Fsp3) is 0.516. The Morgan fingerprint density at radius 2 is 1.13 bits per heavy atom. The number of anilines is 2. The van der Waals surface area contributed by atoms with Crippen molar-refractivity contribution in [2.24, 2.45) is 5.92 Å². The fourth-order valence-corrected chi connectivity index (χ4v) is 12.8. The maximum atomic E-state index is 12.9. The van der Waals surface area contributed by atoms with Crippen LogP contribution in [0.25, 0.3) is 33.7 Å². The van der Waals surface area contributed by atoms with E-state index in [1.165, 1.54) is 35.7 Å². The predicted octanol–water partition coefficient (Wildman–Crippen LogP) is 0.543. The molecule has 4 aromatic carbocycles. The highest BCUT2D eigenvalue weighted by molar-refractivity contribution is 7.94. The van der Waals surface area contributed by atoms with Gasteiger partial charge in [-0.15, -0.1) is 10.2 Å². The van der Waals surface area contributed by atoms with Crippen LogP contribution in [0, 0.1) is 28.6 Å². The average Bonchev–Trinajstić information content (AvgIpc) is 1.07. The lowest BCUT2D eigenvalue weighted by Crippen LogP contribution is -2.58. The molecule has 0 bridgehead atoms. The van der Waals surface area contributed by atoms with Gasteiger partial charge in [-0.2, -0.15) is 10.5 Å². The van der Waals surface area contributed by atoms with Crippen molar-refractivity contribution in [1.82, 2.24) is 49.2 Å². The van der Waals surface area contributed by atoms with Crippen LogP contribution in [0.5, 0.6) is 0 Å². The van der Waals surface area contributed by atoms with Crippen LogP contribution in [0.4, 0.5) is 11.4 Å². The molecule has 0 aliphatic carbocycles. The van der Waals surface area contributed by atoms with Crippen LogP contribution < -0.4 is 19.7 Å². The van der Waals surface area contributed by atoms with E-state index in [0.29, 0.717) is 22.5 Å². The van der Waals surface area contributed by atoms with Crippen molar-refractivity contribution in [3.63, 3.8) is 0 Å². The summed E-state index contributed by atoms with van der Waals surface area (Å²) in [6, 6.07) is 26.9. The summed E-state index contributed by atoms with van der Waals surface area (Å²) in [5.74, 6) is -0.455. The van der Waals surface area contributed by atoms with E-state index in [4.69, 9.17) is 33.2 Å². The highest BCUT2D eigenvalue weighted by atomic mass is 32.2. The first-order valence-corrected chi connectivity index (χ1v) is 33.7. The summed E-state index contributed by atoms with van der Waals surface area (Å²) in [7, 11) is -3.31. The number of sulfonamides is 2. The SMILES string of the molecule is CO[C@H]1O[C@H](Cn2cc(COCCNS(=O)(=O)/C(C#N)=C/c3ccc4cc(N5CCN(C)CC5)ccc4c3)nn2)[C@@H](O)[C@H](C)[C@H]1O.CO[C@H]1O[C@H](Cn2cc(COCCNS(=O)(=O)/C(C#N)=C/c3ccc4cc(NCCN5CCOCC5)ccc4c3)nn2)[C@@H](O)[C@H](O)[C@H]1O. The summed E-state index contributed by atoms with van der Waals surface area (Å²) in [5.41, 5.74) is 4.26. The van der Waals surface area contributed by atoms with E-state index in [1.807, 2.05) is 48.5 Å². The van der Waals surface area contributed by atoms with E-state index in [9.17, 15) is 52.9 Å². The lowest BCUT2D eigenvalue weighted by Gasteiger charge is -2.40. The maximum Gasteiger partial charge on any atom is 0.250 e. The Morgan fingerprint density at radius 3 is 1.67 bits per heavy atom. The zero-order chi connectivity index (χ0) is 66.9. The van der Waals surface area contributed by atoms with Crippen LogP contribution >= 0.6 is 0 Å². The molecule has 8 N–H and O–H groups in total. The van der Waals surface area contributed by atoms with Gasteiger partial charge < -0.3 is 73.8 Å². The van der Waals surface area contributed by atoms with Gasteiger partial charge in [0.2, 0.25) is 0 Å². The van der Waals surface area contributed by atoms with E-state index >= 15 is 0 Å². The summed E-state index contributed by atoms with van der Waals surface area (Å²) >= 11 is 0. The zero-order valence-corrected chi connectivity index (χ0v) is 54.3. The molecule has 94 heavy (non-hydrogen) atoms. The Labute approximate surface area is 545 Å². The molecule has 0 saturated carbocycles. The Balaban J connectivity index is 0.000000222. The number of rotatable bonds is 27. The van der Waals surface area contributed by atoms with Crippen molar-refractivity contribution in [1.29, 1.82) is 10.5 Å². The molecule has 30 nitrogen and oxygen atoms in total. The highest BCUT2D eigenvalue weighted by Crippen LogP contribution is 2.29. The first kappa shape index (κ1) is 71.3. The molecule has 32 heteroatoms. The van der Waals surface area contributed by atoms with E-state index in [0.717, 1.165) is 98.5 Å². The quantitative estimate of drug-likeness (QED) is 0.0258. The number of piperazine rings is 1. The van der Waals surface area contributed by atoms with Crippen LogP contribution in [0.2, 0.25) is 0 Å². The smallest absolute Gasteiger partial charge is 0.250 e. The minimum Gasteiger partial charge on any atom is -0.390 e. The number of morpholine rings is 1. The van der Waals surface area contributed by atoms with Crippen LogP contribution in [-0.4, -0.2) is 251 Å². The maximum absolute atomic E-state index is 12.9. The van der Waals surface area contributed by atoms with Crippen molar-refractivity contribution in [3.05, 3.63) is 118 Å². The largest absolute Gasteiger partial charge is 0.390 e. The molecule has 0 spiro atoms. The molecule has 4 saturated heterocycles. The van der Waals surface area contributed by atoms with Crippen molar-refractivity contribution < 1.29 is 75.5 Å². The molecule has 4 aliphatic heterocycles. The Kier molecular flexibility index (Phi) is 25.5. The zero-order valence-electron chi connectivity index (χ0n) is 52.7. The van der Waals surface area contributed by atoms with Crippen molar-refractivity contribution in [2.45, 2.75) is 88.5 Å². The number of methoxy groups -OCH3 is 2. The molecular weight excluding hydrogens is 1260 g/mol. The van der Waals surface area contributed by atoms with E-state index < -0.39 is 91.1 Å². The molecule has 6 heterocycles. The molecule has 0 radical (unpaired) electrons. The van der Waals surface area contributed by atoms with Crippen LogP contribution in [0.15, 0.2) is 95.0 Å². The predicted molar refractivity (Wildman–Crippen MR) is 344 cm³/mol. The lowest BCUT2D eigenvalue weighted by molar-refractivity contribution is -0.292. The third-order valence-electron chi connectivity index (χ3n) is 16.5. The first-order valence-electron chi connectivity index (χ1n) is 30.7. The second kappa shape index (κ2) is 33.6. The van der Waals surface area contributed by atoms with Crippen molar-refractivity contribution in [3.8, 4) is 12.1 Å². The monoisotopic (exact) mass is 1340 g/mol. The van der Waals surface area contributed by atoms with Gasteiger partial charge in [-0.05, 0) is 88.3 Å². The fourth-order valence-electron chi connectivity index (χ4n) is 11.0. The highest BCUT2D eigenvalue weighted by Gasteiger charge is 2.45. The summed E-state index contributed by atoms with van der Waals surface area (Å²) in [6.45, 7) is 11.0. The summed E-state index contributed by atoms with van der Waals surface area (Å²) in [6.07, 6.45) is -3.78. The van der Waals surface area contributed by atoms with Gasteiger partial charge >= 0.3 is 0 Å². The topological polar surface area (TPSA) is 389 Å². The van der Waals surface area contributed by atoms with Gasteiger partial charge in [0.05, 0.1) is 71.2 Å². The van der Waals surface area contributed by atoms with E-state index in [-0.39, 0.29) is 52.6 Å². The lowest BCUT2D eigenvalue weighted by atomic mass is 9.90. The van der Waals surface area contributed by atoms with Gasteiger partial charge in [-0.3, -0.25) is 4.90 Å². The number of nitrogens with one attached hydrogen (secondary N) is 3. The number of aliphatic hydroxyl groups is 5. The standard InChI is InChI=1S/C31H41N7O9S.C31H41N7O7S/c1-44-31-30(41)29(40)28(39)27(47-31)19-38-18-25(35-36-38)20-46-11-7-34-48(42,43)26(17-32)15-21-2-3-23-16-24(5-4-22(23)14-21)33-6-8-37-9-12-45-13-10-37;1-21-29(39)28(45-31(43-3)30(21)40)19-38-18-25(34-35-38)20-44-13-8-33-46(41,42)27(17-32)15-22-4-5-24-16-26(7-6-23(24)14-22)37-11-9-36(2)10-12-37/h2-5,14-16,18,27-31,33-34,39-41H,6-13,19-20H2,1H3;4-7,14-16,18,21,28-31,33,39-40H,8-13,19-20H2,1-3H3/b26-15+;27-15+/t27-,28-,29+,30-,31+;21-,28+,29-,30+,31-/m10/s1. The summed E-state index contributed by atoms with van der Waals surface area (Å²) in [5, 5.41) is 93.4. The molecule has 10 rings (SSSR count). The molecule has 0 unspecified atom stereocenters. The Morgan fingerprint density at radius 1 is 0.628 bits per heavy atom. The molecule has 508 valence electrons. The van der Waals surface area contributed by atoms with E-state index in [1.54, 1.807) is 43.6 Å². The minimum absolute atomic E-state index is 0.00631. The number of hydrogen-bond donors (Lipinski definition) is 8. The van der Waals surface area contributed by atoms with E-state index in [2.05, 4.69) is 69.3 Å². The molecule has 4 fully saturated rings. The van der Waals surface area contributed by atoms with Gasteiger partial charge in [0.1, 0.15) is 60.2 Å². The van der Waals surface area contributed by atoms with Crippen LogP contribution in [0.1, 0.15) is 29.4 Å². The number of likely N-dealkylation sites (N-methyl/N-ethyl adjacent to an activating group) is 1. The Hall–Kier alpha value is -7.00. The normalized spacial score (nSPS) is 24.4. The second-order valence-electron chi connectivity index (χ2n) is 23.2. The van der Waals surface area contributed by atoms with Gasteiger partial charge in [-0.25, -0.2) is 35.6 Å². The van der Waals surface area contributed by atoms with Gasteiger partial charge in [-0.1, -0.05) is 53.7 Å². The minimum atomic E-state index is -4.10. The number of aliphatic hydroxyl groups excluding tert-OH is 5. The number of nitrogens with zero attached hydrogens (tertiary/aromatic N) is 11. The molecular formula is C62H82N14O16S2. The number of nitriles is 2. The number of allylic oxidation sites excluding steroid dienone is 2. The number of benzene rings is 4. The van der Waals surface area contributed by atoms with Gasteiger partial charge in [0.15, 0.2) is 22.4 Å². The summed E-state index contributed by atoms with van der Waals surface area (Å²) < 4.78 is 96.9. The number of hydrogen-bond acceptors (Lipinski definition) is 26. The average molecular weight is 1340 g/mol. The van der Waals surface area contributed by atoms with Crippen molar-refractivity contribution in [2.75, 3.05) is 123 Å². The summed E-state index contributed by atoms with van der Waals surface area (Å²) in [4.78, 5) is 6.21. The molecule has 2 aromatic heterocycles. The van der Waals surface area contributed by atoms with Crippen LogP contribution in [-0.2, 0) is 79.5 Å². The van der Waals surface area contributed by atoms with Crippen molar-refractivity contribution >= 4 is 65.1 Å². The number of aromatic nitrogens is 6. The number of fused-ring (bicyclic) bond motifs is 2.